The van der Waals surface area contributed by atoms with Gasteiger partial charge in [-0.2, -0.15) is 0 Å². The van der Waals surface area contributed by atoms with Crippen LogP contribution in [0.1, 0.15) is 16.8 Å². The van der Waals surface area contributed by atoms with Crippen LogP contribution in [-0.2, 0) is 7.05 Å². The van der Waals surface area contributed by atoms with E-state index in [1.54, 1.807) is 6.20 Å². The van der Waals surface area contributed by atoms with Crippen LogP contribution >= 0.6 is 11.6 Å². The molecule has 3 nitrogen and oxygen atoms in total. The molecule has 2 aromatic heterocycles. The lowest BCUT2D eigenvalue weighted by atomic mass is 10.1. The second kappa shape index (κ2) is 4.42. The predicted octanol–water partition coefficient (Wildman–Crippen LogP) is 3.30. The fourth-order valence-electron chi connectivity index (χ4n) is 2.04. The maximum Gasteiger partial charge on any atom is 0.177 e. The van der Waals surface area contributed by atoms with Crippen LogP contribution in [0.2, 0.25) is 0 Å². The largest absolute Gasteiger partial charge is 0.328 e. The Morgan fingerprint density at radius 2 is 1.89 bits per heavy atom. The van der Waals surface area contributed by atoms with Gasteiger partial charge in [0.05, 0.1) is 5.52 Å². The number of benzene rings is 1. The number of imidazole rings is 1. The second-order valence-corrected chi connectivity index (χ2v) is 4.58. The van der Waals surface area contributed by atoms with Crippen molar-refractivity contribution < 1.29 is 0 Å². The lowest BCUT2D eigenvalue weighted by Crippen LogP contribution is -2.02. The fourth-order valence-corrected chi connectivity index (χ4v) is 2.38. The average molecular weight is 258 g/mol. The van der Waals surface area contributed by atoms with E-state index in [4.69, 9.17) is 11.6 Å². The summed E-state index contributed by atoms with van der Waals surface area (Å²) in [6, 6.07) is 13.8. The molecule has 90 valence electrons. The van der Waals surface area contributed by atoms with Gasteiger partial charge in [0.1, 0.15) is 11.2 Å². The minimum Gasteiger partial charge on any atom is -0.328 e. The van der Waals surface area contributed by atoms with E-state index >= 15 is 0 Å². The molecule has 0 aliphatic rings. The zero-order chi connectivity index (χ0) is 12.5. The highest BCUT2D eigenvalue weighted by molar-refractivity contribution is 6.22. The lowest BCUT2D eigenvalue weighted by molar-refractivity contribution is 0.830. The van der Waals surface area contributed by atoms with Gasteiger partial charge in [-0.05, 0) is 17.7 Å². The van der Waals surface area contributed by atoms with Crippen molar-refractivity contribution in [2.24, 2.45) is 7.05 Å². The molecule has 0 amide bonds. The van der Waals surface area contributed by atoms with E-state index in [0.717, 1.165) is 22.6 Å². The number of halogens is 1. The highest BCUT2D eigenvalue weighted by Crippen LogP contribution is 2.29. The van der Waals surface area contributed by atoms with E-state index in [-0.39, 0.29) is 5.38 Å². The highest BCUT2D eigenvalue weighted by atomic mass is 35.5. The number of fused-ring (bicyclic) bond motifs is 1. The number of pyridine rings is 1. The summed E-state index contributed by atoms with van der Waals surface area (Å²) in [6.45, 7) is 0. The Morgan fingerprint density at radius 3 is 2.61 bits per heavy atom. The number of alkyl halides is 1. The van der Waals surface area contributed by atoms with E-state index in [9.17, 15) is 0 Å². The number of aromatic nitrogens is 3. The van der Waals surface area contributed by atoms with Crippen LogP contribution in [0, 0.1) is 0 Å². The van der Waals surface area contributed by atoms with Crippen LogP contribution in [-0.4, -0.2) is 14.5 Å². The van der Waals surface area contributed by atoms with Crippen molar-refractivity contribution in [3.63, 3.8) is 0 Å². The van der Waals surface area contributed by atoms with Gasteiger partial charge < -0.3 is 4.57 Å². The molecule has 1 unspecified atom stereocenters. The molecule has 0 fully saturated rings. The van der Waals surface area contributed by atoms with E-state index < -0.39 is 0 Å². The zero-order valence-corrected chi connectivity index (χ0v) is 10.7. The number of hydrogen-bond donors (Lipinski definition) is 0. The molecule has 1 atom stereocenters. The maximum absolute atomic E-state index is 6.50. The minimum absolute atomic E-state index is 0.259. The topological polar surface area (TPSA) is 30.7 Å². The fraction of sp³-hybridized carbons (Fsp3) is 0.143. The smallest absolute Gasteiger partial charge is 0.177 e. The third-order valence-electron chi connectivity index (χ3n) is 3.01. The summed E-state index contributed by atoms with van der Waals surface area (Å²) >= 11 is 6.50. The molecule has 4 heteroatoms. The first-order valence-corrected chi connectivity index (χ1v) is 6.17. The molecule has 3 aromatic rings. The number of aryl methyl sites for hydroxylation is 1. The van der Waals surface area contributed by atoms with E-state index in [1.807, 2.05) is 54.1 Å². The Morgan fingerprint density at radius 1 is 1.11 bits per heavy atom. The molecule has 0 radical (unpaired) electrons. The summed E-state index contributed by atoms with van der Waals surface area (Å²) in [5, 5.41) is -0.259. The van der Waals surface area contributed by atoms with E-state index in [1.165, 1.54) is 0 Å². The predicted molar refractivity (Wildman–Crippen MR) is 72.6 cm³/mol. The Labute approximate surface area is 110 Å². The Balaban J connectivity index is 2.12. The summed E-state index contributed by atoms with van der Waals surface area (Å²) in [5.74, 6) is 0.816. The molecule has 2 heterocycles. The molecule has 0 aliphatic carbocycles. The van der Waals surface area contributed by atoms with Crippen LogP contribution in [0.25, 0.3) is 11.2 Å². The molecule has 0 saturated heterocycles. The summed E-state index contributed by atoms with van der Waals surface area (Å²) in [5.41, 5.74) is 2.77. The quantitative estimate of drug-likeness (QED) is 0.660. The SMILES string of the molecule is Cn1c(C(Cl)c2ccccc2)nc2ncccc21. The van der Waals surface area contributed by atoms with Crippen molar-refractivity contribution in [1.29, 1.82) is 0 Å². The third-order valence-corrected chi connectivity index (χ3v) is 3.46. The molecular weight excluding hydrogens is 246 g/mol. The molecule has 18 heavy (non-hydrogen) atoms. The Bertz CT molecular complexity index is 676. The molecule has 3 rings (SSSR count). The summed E-state index contributed by atoms with van der Waals surface area (Å²) in [6.07, 6.45) is 1.74. The average Bonchev–Trinajstić information content (AvgIpc) is 2.77. The molecule has 0 saturated carbocycles. The van der Waals surface area contributed by atoms with Crippen molar-refractivity contribution >= 4 is 22.8 Å². The van der Waals surface area contributed by atoms with Gasteiger partial charge in [-0.25, -0.2) is 9.97 Å². The standard InChI is InChI=1S/C14H12ClN3/c1-18-11-8-5-9-16-13(11)17-14(18)12(15)10-6-3-2-4-7-10/h2-9,12H,1H3. The van der Waals surface area contributed by atoms with E-state index in [2.05, 4.69) is 9.97 Å². The maximum atomic E-state index is 6.50. The number of nitrogens with zero attached hydrogens (tertiary/aromatic N) is 3. The second-order valence-electron chi connectivity index (χ2n) is 4.15. The first-order chi connectivity index (χ1) is 8.77. The summed E-state index contributed by atoms with van der Waals surface area (Å²) in [7, 11) is 1.96. The normalized spacial score (nSPS) is 12.8. The third kappa shape index (κ3) is 1.77. The molecule has 1 aromatic carbocycles. The molecule has 0 aliphatic heterocycles. The first-order valence-electron chi connectivity index (χ1n) is 5.74. The lowest BCUT2D eigenvalue weighted by Gasteiger charge is -2.09. The van der Waals surface area contributed by atoms with Crippen molar-refractivity contribution in [3.05, 3.63) is 60.0 Å². The van der Waals surface area contributed by atoms with Crippen LogP contribution in [0.4, 0.5) is 0 Å². The molecule has 0 bridgehead atoms. The van der Waals surface area contributed by atoms with Gasteiger partial charge in [-0.3, -0.25) is 0 Å². The first kappa shape index (κ1) is 11.2. The van der Waals surface area contributed by atoms with Crippen molar-refractivity contribution in [1.82, 2.24) is 14.5 Å². The van der Waals surface area contributed by atoms with Crippen LogP contribution in [0.3, 0.4) is 0 Å². The monoisotopic (exact) mass is 257 g/mol. The summed E-state index contributed by atoms with van der Waals surface area (Å²) < 4.78 is 1.99. The Kier molecular flexibility index (Phi) is 2.76. The van der Waals surface area contributed by atoms with E-state index in [0.29, 0.717) is 0 Å². The van der Waals surface area contributed by atoms with Crippen LogP contribution in [0.5, 0.6) is 0 Å². The van der Waals surface area contributed by atoms with Gasteiger partial charge in [-0.15, -0.1) is 11.6 Å². The van der Waals surface area contributed by atoms with Crippen molar-refractivity contribution in [2.75, 3.05) is 0 Å². The summed E-state index contributed by atoms with van der Waals surface area (Å²) in [4.78, 5) is 8.76. The van der Waals surface area contributed by atoms with Crippen LogP contribution < -0.4 is 0 Å². The molecular formula is C14H12ClN3. The van der Waals surface area contributed by atoms with Crippen molar-refractivity contribution in [3.8, 4) is 0 Å². The van der Waals surface area contributed by atoms with Crippen LogP contribution in [0.15, 0.2) is 48.7 Å². The zero-order valence-electron chi connectivity index (χ0n) is 9.92. The van der Waals surface area contributed by atoms with Gasteiger partial charge in [0.25, 0.3) is 0 Å². The molecule has 0 spiro atoms. The Hall–Kier alpha value is -1.87. The highest BCUT2D eigenvalue weighted by Gasteiger charge is 2.18. The minimum atomic E-state index is -0.259. The molecule has 0 N–H and O–H groups in total. The van der Waals surface area contributed by atoms with Gasteiger partial charge in [0, 0.05) is 13.2 Å². The van der Waals surface area contributed by atoms with Gasteiger partial charge in [0.15, 0.2) is 5.65 Å². The number of hydrogen-bond acceptors (Lipinski definition) is 2. The van der Waals surface area contributed by atoms with Crippen molar-refractivity contribution in [2.45, 2.75) is 5.38 Å². The van der Waals surface area contributed by atoms with Gasteiger partial charge >= 0.3 is 0 Å². The van der Waals surface area contributed by atoms with Gasteiger partial charge in [-0.1, -0.05) is 30.3 Å². The number of rotatable bonds is 2. The van der Waals surface area contributed by atoms with Gasteiger partial charge in [0.2, 0.25) is 0 Å².